The number of rotatable bonds is 5. The van der Waals surface area contributed by atoms with Crippen molar-refractivity contribution in [1.82, 2.24) is 5.32 Å². The second-order valence-corrected chi connectivity index (χ2v) is 4.84. The molecular formula is C15H25NO. The van der Waals surface area contributed by atoms with E-state index in [0.29, 0.717) is 0 Å². The number of hydrogen-bond donors (Lipinski definition) is 2. The van der Waals surface area contributed by atoms with Gasteiger partial charge >= 0.3 is 0 Å². The van der Waals surface area contributed by atoms with Gasteiger partial charge in [-0.1, -0.05) is 19.1 Å². The lowest BCUT2D eigenvalue weighted by atomic mass is 9.86. The molecule has 2 atom stereocenters. The van der Waals surface area contributed by atoms with Crippen LogP contribution in [0.15, 0.2) is 12.1 Å². The van der Waals surface area contributed by atoms with E-state index in [0.717, 1.165) is 6.42 Å². The van der Waals surface area contributed by atoms with Gasteiger partial charge in [0.25, 0.3) is 0 Å². The third-order valence-electron chi connectivity index (χ3n) is 3.98. The summed E-state index contributed by atoms with van der Waals surface area (Å²) in [5.74, 6) is 0.279. The molecule has 0 aliphatic heterocycles. The Hall–Kier alpha value is -0.860. The number of nitrogens with one attached hydrogen (secondary N) is 1. The average Bonchev–Trinajstić information content (AvgIpc) is 2.34. The molecule has 0 aromatic heterocycles. The zero-order chi connectivity index (χ0) is 13.0. The molecule has 0 fully saturated rings. The molecule has 0 aliphatic carbocycles. The van der Waals surface area contributed by atoms with E-state index in [9.17, 15) is 5.11 Å². The van der Waals surface area contributed by atoms with Crippen molar-refractivity contribution in [2.45, 2.75) is 40.2 Å². The van der Waals surface area contributed by atoms with E-state index < -0.39 is 0 Å². The monoisotopic (exact) mass is 235 g/mol. The van der Waals surface area contributed by atoms with Crippen molar-refractivity contribution >= 4 is 0 Å². The summed E-state index contributed by atoms with van der Waals surface area (Å²) in [6.45, 7) is 8.84. The molecule has 0 heterocycles. The SMILES string of the molecule is CCC(CO)C(NC)c1ccc(C)c(C)c1C. The summed E-state index contributed by atoms with van der Waals surface area (Å²) in [4.78, 5) is 0. The number of hydrogen-bond acceptors (Lipinski definition) is 2. The Balaban J connectivity index is 3.16. The molecule has 2 N–H and O–H groups in total. The molecule has 2 unspecified atom stereocenters. The van der Waals surface area contributed by atoms with Gasteiger partial charge in [-0.25, -0.2) is 0 Å². The van der Waals surface area contributed by atoms with Gasteiger partial charge in [-0.3, -0.25) is 0 Å². The molecule has 0 saturated heterocycles. The Morgan fingerprint density at radius 3 is 2.29 bits per heavy atom. The highest BCUT2D eigenvalue weighted by Gasteiger charge is 2.21. The van der Waals surface area contributed by atoms with Crippen molar-refractivity contribution in [3.05, 3.63) is 34.4 Å². The molecule has 0 amide bonds. The fraction of sp³-hybridized carbons (Fsp3) is 0.600. The zero-order valence-corrected chi connectivity index (χ0v) is 11.7. The minimum atomic E-state index is 0.231. The van der Waals surface area contributed by atoms with E-state index >= 15 is 0 Å². The first kappa shape index (κ1) is 14.2. The highest BCUT2D eigenvalue weighted by molar-refractivity contribution is 5.40. The summed E-state index contributed by atoms with van der Waals surface area (Å²) < 4.78 is 0. The predicted molar refractivity (Wildman–Crippen MR) is 73.3 cm³/mol. The lowest BCUT2D eigenvalue weighted by Gasteiger charge is -2.27. The highest BCUT2D eigenvalue weighted by Crippen LogP contribution is 2.29. The van der Waals surface area contributed by atoms with Crippen LogP contribution in [-0.4, -0.2) is 18.8 Å². The molecule has 1 aromatic rings. The summed E-state index contributed by atoms with van der Waals surface area (Å²) in [7, 11) is 1.97. The van der Waals surface area contributed by atoms with E-state index in [1.54, 1.807) is 0 Å². The first-order chi connectivity index (χ1) is 8.06. The van der Waals surface area contributed by atoms with Crippen LogP contribution in [0.25, 0.3) is 0 Å². The van der Waals surface area contributed by atoms with E-state index in [1.807, 2.05) is 7.05 Å². The maximum Gasteiger partial charge on any atom is 0.0477 e. The van der Waals surface area contributed by atoms with Crippen LogP contribution in [0.4, 0.5) is 0 Å². The standard InChI is InChI=1S/C15H25NO/c1-6-13(9-17)15(16-5)14-8-7-10(2)11(3)12(14)4/h7-8,13,15-17H,6,9H2,1-5H3. The second-order valence-electron chi connectivity index (χ2n) is 4.84. The second kappa shape index (κ2) is 6.18. The first-order valence-electron chi connectivity index (χ1n) is 6.41. The topological polar surface area (TPSA) is 32.3 Å². The normalized spacial score (nSPS) is 14.7. The van der Waals surface area contributed by atoms with Crippen LogP contribution in [0.1, 0.15) is 41.6 Å². The number of benzene rings is 1. The minimum absolute atomic E-state index is 0.231. The maximum atomic E-state index is 9.46. The summed E-state index contributed by atoms with van der Waals surface area (Å²) in [6.07, 6.45) is 0.981. The molecule has 0 spiro atoms. The average molecular weight is 235 g/mol. The Bertz CT molecular complexity index is 369. The van der Waals surface area contributed by atoms with Gasteiger partial charge in [-0.05, 0) is 56.5 Å². The molecule has 0 radical (unpaired) electrons. The maximum absolute atomic E-state index is 9.46. The molecule has 2 heteroatoms. The van der Waals surface area contributed by atoms with Crippen molar-refractivity contribution in [2.24, 2.45) is 5.92 Å². The molecule has 0 saturated carbocycles. The minimum Gasteiger partial charge on any atom is -0.396 e. The molecule has 1 rings (SSSR count). The Labute approximate surface area is 105 Å². The highest BCUT2D eigenvalue weighted by atomic mass is 16.3. The van der Waals surface area contributed by atoms with Crippen molar-refractivity contribution in [1.29, 1.82) is 0 Å². The molecule has 0 bridgehead atoms. The summed E-state index contributed by atoms with van der Waals surface area (Å²) >= 11 is 0. The van der Waals surface area contributed by atoms with Crippen LogP contribution in [0, 0.1) is 26.7 Å². The molecule has 2 nitrogen and oxygen atoms in total. The van der Waals surface area contributed by atoms with Gasteiger partial charge in [0.15, 0.2) is 0 Å². The fourth-order valence-electron chi connectivity index (χ4n) is 2.43. The lowest BCUT2D eigenvalue weighted by Crippen LogP contribution is -2.28. The summed E-state index contributed by atoms with van der Waals surface area (Å²) in [5, 5.41) is 12.8. The third-order valence-corrected chi connectivity index (χ3v) is 3.98. The van der Waals surface area contributed by atoms with Crippen LogP contribution in [0.3, 0.4) is 0 Å². The smallest absolute Gasteiger partial charge is 0.0477 e. The van der Waals surface area contributed by atoms with Crippen molar-refractivity contribution in [3.8, 4) is 0 Å². The number of aliphatic hydroxyl groups excluding tert-OH is 1. The molecule has 0 aliphatic rings. The van der Waals surface area contributed by atoms with Crippen molar-refractivity contribution < 1.29 is 5.11 Å². The van der Waals surface area contributed by atoms with E-state index in [-0.39, 0.29) is 18.6 Å². The molecule has 17 heavy (non-hydrogen) atoms. The fourth-order valence-corrected chi connectivity index (χ4v) is 2.43. The van der Waals surface area contributed by atoms with E-state index in [2.05, 4.69) is 45.1 Å². The van der Waals surface area contributed by atoms with Gasteiger partial charge in [0, 0.05) is 18.6 Å². The molecule has 1 aromatic carbocycles. The quantitative estimate of drug-likeness (QED) is 0.822. The lowest BCUT2D eigenvalue weighted by molar-refractivity contribution is 0.189. The number of aliphatic hydroxyl groups is 1. The first-order valence-corrected chi connectivity index (χ1v) is 6.41. The van der Waals surface area contributed by atoms with Crippen molar-refractivity contribution in [2.75, 3.05) is 13.7 Å². The zero-order valence-electron chi connectivity index (χ0n) is 11.7. The van der Waals surface area contributed by atoms with E-state index in [4.69, 9.17) is 0 Å². The van der Waals surface area contributed by atoms with Crippen LogP contribution in [0.2, 0.25) is 0 Å². The predicted octanol–water partition coefficient (Wildman–Crippen LogP) is 2.89. The number of aryl methyl sites for hydroxylation is 1. The van der Waals surface area contributed by atoms with Gasteiger partial charge in [0.05, 0.1) is 0 Å². The third kappa shape index (κ3) is 2.88. The van der Waals surface area contributed by atoms with Crippen LogP contribution in [-0.2, 0) is 0 Å². The summed E-state index contributed by atoms with van der Waals surface area (Å²) in [6, 6.07) is 4.60. The van der Waals surface area contributed by atoms with Gasteiger partial charge in [-0.15, -0.1) is 0 Å². The van der Waals surface area contributed by atoms with Gasteiger partial charge in [0.1, 0.15) is 0 Å². The Morgan fingerprint density at radius 1 is 1.18 bits per heavy atom. The van der Waals surface area contributed by atoms with Crippen LogP contribution >= 0.6 is 0 Å². The van der Waals surface area contributed by atoms with Crippen LogP contribution in [0.5, 0.6) is 0 Å². The molecule has 96 valence electrons. The molecular weight excluding hydrogens is 210 g/mol. The van der Waals surface area contributed by atoms with Gasteiger partial charge < -0.3 is 10.4 Å². The van der Waals surface area contributed by atoms with Gasteiger partial charge in [-0.2, -0.15) is 0 Å². The van der Waals surface area contributed by atoms with Crippen LogP contribution < -0.4 is 5.32 Å². The Morgan fingerprint density at radius 2 is 1.82 bits per heavy atom. The van der Waals surface area contributed by atoms with Crippen molar-refractivity contribution in [3.63, 3.8) is 0 Å². The Kier molecular flexibility index (Phi) is 5.16. The van der Waals surface area contributed by atoms with Gasteiger partial charge in [0.2, 0.25) is 0 Å². The largest absolute Gasteiger partial charge is 0.396 e. The van der Waals surface area contributed by atoms with E-state index in [1.165, 1.54) is 22.3 Å². The summed E-state index contributed by atoms with van der Waals surface area (Å²) in [5.41, 5.74) is 5.35.